The fourth-order valence-electron chi connectivity index (χ4n) is 2.74. The molecule has 0 bridgehead atoms. The third-order valence-electron chi connectivity index (χ3n) is 4.29. The number of rotatable bonds is 8. The van der Waals surface area contributed by atoms with Gasteiger partial charge in [0.25, 0.3) is 0 Å². The lowest BCUT2D eigenvalue weighted by Gasteiger charge is -2.13. The number of anilines is 2. The summed E-state index contributed by atoms with van der Waals surface area (Å²) in [5, 5.41) is 5.48. The van der Waals surface area contributed by atoms with Crippen molar-refractivity contribution in [3.05, 3.63) is 71.0 Å². The number of thiazole rings is 1. The van der Waals surface area contributed by atoms with Crippen LogP contribution in [0.25, 0.3) is 0 Å². The first kappa shape index (κ1) is 23.5. The van der Waals surface area contributed by atoms with Crippen LogP contribution in [0.5, 0.6) is 0 Å². The lowest BCUT2D eigenvalue weighted by Crippen LogP contribution is -2.41. The van der Waals surface area contributed by atoms with Gasteiger partial charge in [0.1, 0.15) is 5.82 Å². The van der Waals surface area contributed by atoms with E-state index in [1.54, 1.807) is 18.3 Å². The van der Waals surface area contributed by atoms with Crippen molar-refractivity contribution < 1.29 is 22.4 Å². The first-order valence-corrected chi connectivity index (χ1v) is 11.8. The van der Waals surface area contributed by atoms with Crippen molar-refractivity contribution in [2.75, 3.05) is 10.6 Å². The molecule has 1 aromatic heterocycles. The van der Waals surface area contributed by atoms with Crippen LogP contribution in [0.3, 0.4) is 0 Å². The van der Waals surface area contributed by atoms with Crippen molar-refractivity contribution in [3.8, 4) is 0 Å². The molecule has 0 fully saturated rings. The maximum Gasteiger partial charge on any atom is 0.244 e. The molecule has 11 heteroatoms. The smallest absolute Gasteiger partial charge is 0.244 e. The van der Waals surface area contributed by atoms with Crippen LogP contribution in [0.15, 0.2) is 59.6 Å². The molecule has 8 nitrogen and oxygen atoms in total. The Balaban J connectivity index is 1.59. The maximum absolute atomic E-state index is 13.0. The van der Waals surface area contributed by atoms with Gasteiger partial charge in [-0.05, 0) is 48.9 Å². The number of carbonyl (C=O) groups is 2. The summed E-state index contributed by atoms with van der Waals surface area (Å²) in [5.41, 5.74) is 1.36. The Labute approximate surface area is 188 Å². The van der Waals surface area contributed by atoms with Crippen LogP contribution in [0, 0.1) is 5.82 Å². The Hall–Kier alpha value is -3.15. The van der Waals surface area contributed by atoms with Gasteiger partial charge in [0.15, 0.2) is 5.13 Å². The van der Waals surface area contributed by atoms with Crippen molar-refractivity contribution in [2.45, 2.75) is 31.2 Å². The van der Waals surface area contributed by atoms with Crippen molar-refractivity contribution in [1.29, 1.82) is 0 Å². The number of nitrogens with zero attached hydrogens (tertiary/aromatic N) is 1. The first-order valence-electron chi connectivity index (χ1n) is 9.52. The van der Waals surface area contributed by atoms with E-state index in [0.717, 1.165) is 10.4 Å². The van der Waals surface area contributed by atoms with Crippen LogP contribution >= 0.6 is 11.3 Å². The van der Waals surface area contributed by atoms with Gasteiger partial charge in [0.05, 0.1) is 10.9 Å². The van der Waals surface area contributed by atoms with Gasteiger partial charge in [0, 0.05) is 30.1 Å². The fourth-order valence-corrected chi connectivity index (χ4v) is 4.79. The summed E-state index contributed by atoms with van der Waals surface area (Å²) in [6.45, 7) is 2.77. The van der Waals surface area contributed by atoms with Crippen molar-refractivity contribution in [2.24, 2.45) is 0 Å². The third-order valence-corrected chi connectivity index (χ3v) is 6.75. The minimum absolute atomic E-state index is 0.0397. The molecular formula is C21H21FN4O4S2. The molecular weight excluding hydrogens is 455 g/mol. The predicted octanol–water partition coefficient (Wildman–Crippen LogP) is 3.14. The molecule has 0 aliphatic heterocycles. The largest absolute Gasteiger partial charge is 0.326 e. The molecule has 2 amide bonds. The van der Waals surface area contributed by atoms with E-state index < -0.39 is 22.0 Å². The number of benzene rings is 2. The normalized spacial score (nSPS) is 12.2. The van der Waals surface area contributed by atoms with E-state index in [0.29, 0.717) is 17.2 Å². The van der Waals surface area contributed by atoms with Crippen LogP contribution in [-0.2, 0) is 26.0 Å². The molecule has 3 rings (SSSR count). The topological polar surface area (TPSA) is 117 Å². The Morgan fingerprint density at radius 3 is 2.34 bits per heavy atom. The molecule has 3 aromatic rings. The van der Waals surface area contributed by atoms with Crippen molar-refractivity contribution in [1.82, 2.24) is 9.71 Å². The fraction of sp³-hybridized carbons (Fsp3) is 0.190. The second kappa shape index (κ2) is 9.98. The van der Waals surface area contributed by atoms with Gasteiger partial charge in [0.2, 0.25) is 21.8 Å². The van der Waals surface area contributed by atoms with Gasteiger partial charge < -0.3 is 10.6 Å². The van der Waals surface area contributed by atoms with E-state index in [1.807, 2.05) is 0 Å². The summed E-state index contributed by atoms with van der Waals surface area (Å²) < 4.78 is 40.4. The van der Waals surface area contributed by atoms with Crippen LogP contribution in [0.1, 0.15) is 24.3 Å². The van der Waals surface area contributed by atoms with Gasteiger partial charge in [-0.15, -0.1) is 11.3 Å². The second-order valence-corrected chi connectivity index (χ2v) is 9.80. The zero-order valence-electron chi connectivity index (χ0n) is 17.3. The maximum atomic E-state index is 13.0. The standard InChI is InChI=1S/C21H21FN4O4S2/c1-13(26-32(29,30)19-9-7-17(8-10-19)24-14(2)27)20(28)25-21-23-12-18(31-21)11-15-3-5-16(22)6-4-15/h3-10,12-13,26H,11H2,1-2H3,(H,24,27)(H,23,25,28)/t13-/m0/s1. The number of nitrogens with one attached hydrogen (secondary N) is 3. The average Bonchev–Trinajstić information content (AvgIpc) is 3.16. The Morgan fingerprint density at radius 2 is 1.72 bits per heavy atom. The molecule has 32 heavy (non-hydrogen) atoms. The molecule has 0 saturated carbocycles. The monoisotopic (exact) mass is 476 g/mol. The Kier molecular flexibility index (Phi) is 7.33. The van der Waals surface area contributed by atoms with Crippen LogP contribution < -0.4 is 15.4 Å². The highest BCUT2D eigenvalue weighted by Gasteiger charge is 2.23. The van der Waals surface area contributed by atoms with Gasteiger partial charge in [-0.25, -0.2) is 17.8 Å². The molecule has 0 radical (unpaired) electrons. The summed E-state index contributed by atoms with van der Waals surface area (Å²) in [6.07, 6.45) is 2.14. The van der Waals surface area contributed by atoms with Gasteiger partial charge in [-0.1, -0.05) is 12.1 Å². The summed E-state index contributed by atoms with van der Waals surface area (Å²) in [6, 6.07) is 10.6. The minimum Gasteiger partial charge on any atom is -0.326 e. The van der Waals surface area contributed by atoms with Crippen molar-refractivity contribution >= 4 is 44.0 Å². The molecule has 0 saturated heterocycles. The molecule has 1 heterocycles. The summed E-state index contributed by atoms with van der Waals surface area (Å²) in [4.78, 5) is 28.5. The first-order chi connectivity index (χ1) is 15.1. The average molecular weight is 477 g/mol. The number of carbonyl (C=O) groups excluding carboxylic acids is 2. The highest BCUT2D eigenvalue weighted by atomic mass is 32.2. The van der Waals surface area contributed by atoms with E-state index in [9.17, 15) is 22.4 Å². The summed E-state index contributed by atoms with van der Waals surface area (Å²) >= 11 is 1.25. The Morgan fingerprint density at radius 1 is 1.06 bits per heavy atom. The molecule has 168 valence electrons. The van der Waals surface area contributed by atoms with Gasteiger partial charge >= 0.3 is 0 Å². The summed E-state index contributed by atoms with van der Waals surface area (Å²) in [5.74, 6) is -1.15. The molecule has 1 atom stereocenters. The molecule has 0 spiro atoms. The van der Waals surface area contributed by atoms with E-state index in [1.165, 1.54) is 61.6 Å². The molecule has 3 N–H and O–H groups in total. The number of amides is 2. The van der Waals surface area contributed by atoms with Crippen molar-refractivity contribution in [3.63, 3.8) is 0 Å². The van der Waals surface area contributed by atoms with Gasteiger partial charge in [-0.3, -0.25) is 9.59 Å². The molecule has 2 aromatic carbocycles. The lowest BCUT2D eigenvalue weighted by molar-refractivity contribution is -0.117. The highest BCUT2D eigenvalue weighted by molar-refractivity contribution is 7.89. The Bertz CT molecular complexity index is 1210. The highest BCUT2D eigenvalue weighted by Crippen LogP contribution is 2.22. The third kappa shape index (κ3) is 6.42. The van der Waals surface area contributed by atoms with E-state index >= 15 is 0 Å². The molecule has 0 aliphatic rings. The lowest BCUT2D eigenvalue weighted by atomic mass is 10.1. The second-order valence-electron chi connectivity index (χ2n) is 6.97. The number of aromatic nitrogens is 1. The number of sulfonamides is 1. The molecule has 0 unspecified atom stereocenters. The number of hydrogen-bond donors (Lipinski definition) is 3. The number of hydrogen-bond acceptors (Lipinski definition) is 6. The van der Waals surface area contributed by atoms with Crippen LogP contribution in [0.2, 0.25) is 0 Å². The minimum atomic E-state index is -3.95. The number of halogens is 1. The predicted molar refractivity (Wildman–Crippen MR) is 120 cm³/mol. The molecule has 0 aliphatic carbocycles. The van der Waals surface area contributed by atoms with E-state index in [-0.39, 0.29) is 16.6 Å². The quantitative estimate of drug-likeness (QED) is 0.462. The zero-order valence-corrected chi connectivity index (χ0v) is 18.9. The van der Waals surface area contributed by atoms with E-state index in [4.69, 9.17) is 0 Å². The SMILES string of the molecule is CC(=O)Nc1ccc(S(=O)(=O)N[C@@H](C)C(=O)Nc2ncc(Cc3ccc(F)cc3)s2)cc1. The van der Waals surface area contributed by atoms with Gasteiger partial charge in [-0.2, -0.15) is 4.72 Å². The zero-order chi connectivity index (χ0) is 23.3. The van der Waals surface area contributed by atoms with Crippen LogP contribution in [0.4, 0.5) is 15.2 Å². The van der Waals surface area contributed by atoms with Crippen LogP contribution in [-0.4, -0.2) is 31.3 Å². The summed E-state index contributed by atoms with van der Waals surface area (Å²) in [7, 11) is -3.95. The van der Waals surface area contributed by atoms with E-state index in [2.05, 4.69) is 20.3 Å².